The predicted octanol–water partition coefficient (Wildman–Crippen LogP) is 0.170. The Morgan fingerprint density at radius 3 is 2.70 bits per heavy atom. The SMILES string of the molecule is NC(=O)Cn1ccnc1C1CCCN(C(=O)CN2CCCC2)C1. The second-order valence-electron chi connectivity index (χ2n) is 6.54. The molecule has 0 spiro atoms. The average Bonchev–Trinajstić information content (AvgIpc) is 3.18. The van der Waals surface area contributed by atoms with Gasteiger partial charge in [0.15, 0.2) is 0 Å². The van der Waals surface area contributed by atoms with Crippen LogP contribution in [0.1, 0.15) is 37.4 Å². The van der Waals surface area contributed by atoms with Crippen molar-refractivity contribution < 1.29 is 9.59 Å². The maximum Gasteiger partial charge on any atom is 0.237 e. The number of carbonyl (C=O) groups is 2. The van der Waals surface area contributed by atoms with Crippen LogP contribution in [0.3, 0.4) is 0 Å². The van der Waals surface area contributed by atoms with E-state index in [0.29, 0.717) is 13.1 Å². The molecule has 2 aliphatic rings. The van der Waals surface area contributed by atoms with E-state index in [9.17, 15) is 9.59 Å². The summed E-state index contributed by atoms with van der Waals surface area (Å²) in [6, 6.07) is 0. The molecule has 0 saturated carbocycles. The minimum Gasteiger partial charge on any atom is -0.368 e. The highest BCUT2D eigenvalue weighted by molar-refractivity contribution is 5.78. The Labute approximate surface area is 136 Å². The lowest BCUT2D eigenvalue weighted by atomic mass is 9.97. The molecule has 1 atom stereocenters. The van der Waals surface area contributed by atoms with Crippen LogP contribution in [0.4, 0.5) is 0 Å². The highest BCUT2D eigenvalue weighted by Crippen LogP contribution is 2.26. The molecule has 1 aromatic heterocycles. The van der Waals surface area contributed by atoms with Crippen molar-refractivity contribution in [2.75, 3.05) is 32.7 Å². The van der Waals surface area contributed by atoms with E-state index in [4.69, 9.17) is 5.73 Å². The van der Waals surface area contributed by atoms with E-state index in [2.05, 4.69) is 9.88 Å². The predicted molar refractivity (Wildman–Crippen MR) is 85.7 cm³/mol. The van der Waals surface area contributed by atoms with E-state index >= 15 is 0 Å². The third-order valence-corrected chi connectivity index (χ3v) is 4.77. The van der Waals surface area contributed by atoms with E-state index in [-0.39, 0.29) is 24.3 Å². The van der Waals surface area contributed by atoms with E-state index in [1.165, 1.54) is 12.8 Å². The minimum absolute atomic E-state index is 0.146. The number of likely N-dealkylation sites (tertiary alicyclic amines) is 2. The third-order valence-electron chi connectivity index (χ3n) is 4.77. The molecule has 2 aliphatic heterocycles. The highest BCUT2D eigenvalue weighted by atomic mass is 16.2. The molecule has 3 rings (SSSR count). The van der Waals surface area contributed by atoms with Crippen molar-refractivity contribution in [3.8, 4) is 0 Å². The number of carbonyl (C=O) groups excluding carboxylic acids is 2. The first kappa shape index (κ1) is 16.0. The number of piperidine rings is 1. The average molecular weight is 319 g/mol. The van der Waals surface area contributed by atoms with Crippen LogP contribution in [-0.2, 0) is 16.1 Å². The lowest BCUT2D eigenvalue weighted by Crippen LogP contribution is -2.44. The molecule has 2 N–H and O–H groups in total. The van der Waals surface area contributed by atoms with Gasteiger partial charge in [0.1, 0.15) is 12.4 Å². The smallest absolute Gasteiger partial charge is 0.237 e. The van der Waals surface area contributed by atoms with Gasteiger partial charge < -0.3 is 15.2 Å². The number of primary amides is 1. The molecule has 0 aliphatic carbocycles. The second-order valence-corrected chi connectivity index (χ2v) is 6.54. The van der Waals surface area contributed by atoms with Gasteiger partial charge in [0.2, 0.25) is 11.8 Å². The molecule has 0 aromatic carbocycles. The molecule has 2 saturated heterocycles. The Bertz CT molecular complexity index is 565. The molecular formula is C16H25N5O2. The molecule has 1 aromatic rings. The quantitative estimate of drug-likeness (QED) is 0.838. The Morgan fingerprint density at radius 1 is 1.17 bits per heavy atom. The molecule has 1 unspecified atom stereocenters. The van der Waals surface area contributed by atoms with Crippen molar-refractivity contribution in [2.45, 2.75) is 38.1 Å². The molecule has 23 heavy (non-hydrogen) atoms. The largest absolute Gasteiger partial charge is 0.368 e. The summed E-state index contributed by atoms with van der Waals surface area (Å²) in [5, 5.41) is 0. The van der Waals surface area contributed by atoms with Crippen molar-refractivity contribution in [1.82, 2.24) is 19.4 Å². The zero-order valence-corrected chi connectivity index (χ0v) is 13.5. The minimum atomic E-state index is -0.373. The summed E-state index contributed by atoms with van der Waals surface area (Å²) in [5.74, 6) is 0.884. The fourth-order valence-electron chi connectivity index (χ4n) is 3.63. The first-order valence-electron chi connectivity index (χ1n) is 8.43. The Balaban J connectivity index is 1.62. The van der Waals surface area contributed by atoms with E-state index in [0.717, 1.165) is 38.3 Å². The lowest BCUT2D eigenvalue weighted by molar-refractivity contribution is -0.133. The molecule has 7 nitrogen and oxygen atoms in total. The molecule has 2 fully saturated rings. The number of hydrogen-bond donors (Lipinski definition) is 1. The third kappa shape index (κ3) is 3.90. The Hall–Kier alpha value is -1.89. The van der Waals surface area contributed by atoms with Gasteiger partial charge in [0.25, 0.3) is 0 Å². The van der Waals surface area contributed by atoms with Crippen molar-refractivity contribution in [3.05, 3.63) is 18.2 Å². The van der Waals surface area contributed by atoms with Gasteiger partial charge in [-0.1, -0.05) is 0 Å². The summed E-state index contributed by atoms with van der Waals surface area (Å²) in [6.07, 6.45) is 7.83. The summed E-state index contributed by atoms with van der Waals surface area (Å²) in [4.78, 5) is 32.3. The summed E-state index contributed by atoms with van der Waals surface area (Å²) < 4.78 is 1.81. The van der Waals surface area contributed by atoms with Crippen LogP contribution in [0.15, 0.2) is 12.4 Å². The zero-order valence-electron chi connectivity index (χ0n) is 13.5. The van der Waals surface area contributed by atoms with Crippen LogP contribution in [0.25, 0.3) is 0 Å². The van der Waals surface area contributed by atoms with Gasteiger partial charge in [-0.3, -0.25) is 14.5 Å². The summed E-state index contributed by atoms with van der Waals surface area (Å²) in [7, 11) is 0. The van der Waals surface area contributed by atoms with Crippen LogP contribution in [-0.4, -0.2) is 63.9 Å². The van der Waals surface area contributed by atoms with Crippen LogP contribution in [0.2, 0.25) is 0 Å². The molecule has 0 radical (unpaired) electrons. The van der Waals surface area contributed by atoms with Gasteiger partial charge in [-0.25, -0.2) is 4.98 Å². The van der Waals surface area contributed by atoms with Crippen LogP contribution in [0.5, 0.6) is 0 Å². The number of nitrogens with two attached hydrogens (primary N) is 1. The van der Waals surface area contributed by atoms with Gasteiger partial charge in [-0.15, -0.1) is 0 Å². The normalized spacial score (nSPS) is 22.4. The molecule has 7 heteroatoms. The standard InChI is InChI=1S/C16H25N5O2/c17-14(22)11-21-9-5-18-16(21)13-4-3-8-20(10-13)15(23)12-19-6-1-2-7-19/h5,9,13H,1-4,6-8,10-12H2,(H2,17,22). The lowest BCUT2D eigenvalue weighted by Gasteiger charge is -2.33. The van der Waals surface area contributed by atoms with Crippen molar-refractivity contribution in [3.63, 3.8) is 0 Å². The zero-order chi connectivity index (χ0) is 16.2. The van der Waals surface area contributed by atoms with Crippen LogP contribution in [0, 0.1) is 0 Å². The number of nitrogens with zero attached hydrogens (tertiary/aromatic N) is 4. The van der Waals surface area contributed by atoms with Gasteiger partial charge >= 0.3 is 0 Å². The number of rotatable bonds is 5. The van der Waals surface area contributed by atoms with Gasteiger partial charge in [-0.2, -0.15) is 0 Å². The summed E-state index contributed by atoms with van der Waals surface area (Å²) in [5.41, 5.74) is 5.29. The van der Waals surface area contributed by atoms with Gasteiger partial charge in [0.05, 0.1) is 6.54 Å². The first-order chi connectivity index (χ1) is 11.1. The van der Waals surface area contributed by atoms with E-state index < -0.39 is 0 Å². The molecule has 2 amide bonds. The Kier molecular flexibility index (Phi) is 4.95. The molecule has 126 valence electrons. The summed E-state index contributed by atoms with van der Waals surface area (Å²) in [6.45, 7) is 4.25. The number of amides is 2. The monoisotopic (exact) mass is 319 g/mol. The Morgan fingerprint density at radius 2 is 1.96 bits per heavy atom. The number of aromatic nitrogens is 2. The summed E-state index contributed by atoms with van der Waals surface area (Å²) >= 11 is 0. The van der Waals surface area contributed by atoms with Gasteiger partial charge in [0, 0.05) is 31.4 Å². The van der Waals surface area contributed by atoms with Crippen LogP contribution < -0.4 is 5.73 Å². The van der Waals surface area contributed by atoms with Crippen LogP contribution >= 0.6 is 0 Å². The van der Waals surface area contributed by atoms with E-state index in [1.807, 2.05) is 4.90 Å². The number of imidazole rings is 1. The fourth-order valence-corrected chi connectivity index (χ4v) is 3.63. The molecule has 3 heterocycles. The van der Waals surface area contributed by atoms with E-state index in [1.54, 1.807) is 17.0 Å². The van der Waals surface area contributed by atoms with Crippen molar-refractivity contribution in [1.29, 1.82) is 0 Å². The second kappa shape index (κ2) is 7.12. The van der Waals surface area contributed by atoms with Crippen molar-refractivity contribution in [2.24, 2.45) is 5.73 Å². The molecule has 0 bridgehead atoms. The first-order valence-corrected chi connectivity index (χ1v) is 8.43. The fraction of sp³-hybridized carbons (Fsp3) is 0.688. The maximum absolute atomic E-state index is 12.5. The number of hydrogen-bond acceptors (Lipinski definition) is 4. The maximum atomic E-state index is 12.5. The van der Waals surface area contributed by atoms with Gasteiger partial charge in [-0.05, 0) is 38.8 Å². The molecular weight excluding hydrogens is 294 g/mol. The highest BCUT2D eigenvalue weighted by Gasteiger charge is 2.28. The topological polar surface area (TPSA) is 84.5 Å². The van der Waals surface area contributed by atoms with Crippen molar-refractivity contribution >= 4 is 11.8 Å².